The fourth-order valence-electron chi connectivity index (χ4n) is 6.22. The van der Waals surface area contributed by atoms with Gasteiger partial charge in [0.2, 0.25) is 10.0 Å². The Morgan fingerprint density at radius 3 is 2.50 bits per heavy atom. The van der Waals surface area contributed by atoms with Crippen LogP contribution in [0, 0.1) is 11.7 Å². The maximum absolute atomic E-state index is 14.5. The van der Waals surface area contributed by atoms with Gasteiger partial charge in [0.1, 0.15) is 11.6 Å². The van der Waals surface area contributed by atoms with Crippen LogP contribution in [0.25, 0.3) is 10.8 Å². The molecule has 0 saturated carbocycles. The molecule has 4 atom stereocenters. The zero-order valence-electron chi connectivity index (χ0n) is 29.9. The Balaban J connectivity index is 1.41. The highest BCUT2D eigenvalue weighted by Gasteiger charge is 2.32. The monoisotopic (exact) mass is 734 g/mol. The molecule has 3 N–H and O–H groups in total. The highest BCUT2D eigenvalue weighted by Crippen LogP contribution is 2.30. The fourth-order valence-corrected chi connectivity index (χ4v) is 7.40. The van der Waals surface area contributed by atoms with Gasteiger partial charge in [-0.2, -0.15) is 4.31 Å². The average molecular weight is 735 g/mol. The molecule has 0 unspecified atom stereocenters. The summed E-state index contributed by atoms with van der Waals surface area (Å²) >= 11 is 0. The number of carbonyl (C=O) groups excluding carboxylic acids is 2. The molecule has 0 fully saturated rings. The Hall–Kier alpha value is -4.56. The van der Waals surface area contributed by atoms with E-state index in [2.05, 4.69) is 10.6 Å². The Kier molecular flexibility index (Phi) is 12.9. The van der Waals surface area contributed by atoms with E-state index in [0.29, 0.717) is 36.6 Å². The lowest BCUT2D eigenvalue weighted by molar-refractivity contribution is -0.00834. The summed E-state index contributed by atoms with van der Waals surface area (Å²) in [6, 6.07) is 21.8. The Bertz CT molecular complexity index is 1950. The minimum atomic E-state index is -3.97. The number of hydrogen-bond acceptors (Lipinski definition) is 7. The van der Waals surface area contributed by atoms with Gasteiger partial charge in [-0.05, 0) is 87.0 Å². The van der Waals surface area contributed by atoms with Gasteiger partial charge in [0.15, 0.2) is 0 Å². The molecule has 11 nitrogen and oxygen atoms in total. The van der Waals surface area contributed by atoms with E-state index in [1.54, 1.807) is 25.1 Å². The number of nitrogens with one attached hydrogen (secondary N) is 2. The van der Waals surface area contributed by atoms with E-state index in [1.807, 2.05) is 56.3 Å². The Morgan fingerprint density at radius 2 is 1.75 bits per heavy atom. The summed E-state index contributed by atoms with van der Waals surface area (Å²) in [5.41, 5.74) is 1.19. The zero-order chi connectivity index (χ0) is 37.4. The molecule has 0 bridgehead atoms. The maximum atomic E-state index is 14.5. The van der Waals surface area contributed by atoms with E-state index in [9.17, 15) is 27.5 Å². The maximum Gasteiger partial charge on any atom is 0.323 e. The first-order chi connectivity index (χ1) is 24.9. The molecule has 1 aliphatic heterocycles. The standard InChI is InChI=1S/C39H47FN4O7S/c1-26-23-44(27(2)25-45)38(46)34-22-31(41-39(47)42-35-14-9-12-29-11-5-6-13-33(29)35)17-20-36(34)51-28(3)10-7-8-21-50-37(26)24-43(4)52(48,49)32-18-15-30(40)16-19-32/h5-6,9,11-20,22,26-28,37,45H,7-8,10,21,23-25H2,1-4H3,(H2,41,42,47)/t26-,27+,28-,37-/m1/s1. The zero-order valence-corrected chi connectivity index (χ0v) is 30.7. The smallest absolute Gasteiger partial charge is 0.323 e. The van der Waals surface area contributed by atoms with E-state index in [-0.39, 0.29) is 42.2 Å². The van der Waals surface area contributed by atoms with Crippen LogP contribution in [-0.2, 0) is 14.8 Å². The quantitative estimate of drug-likeness (QED) is 0.182. The third-order valence-electron chi connectivity index (χ3n) is 9.31. The van der Waals surface area contributed by atoms with Gasteiger partial charge >= 0.3 is 6.03 Å². The van der Waals surface area contributed by atoms with Crippen molar-refractivity contribution in [3.05, 3.63) is 96.3 Å². The van der Waals surface area contributed by atoms with E-state index < -0.39 is 39.9 Å². The first-order valence-corrected chi connectivity index (χ1v) is 18.9. The lowest BCUT2D eigenvalue weighted by atomic mass is 10.0. The van der Waals surface area contributed by atoms with Crippen LogP contribution < -0.4 is 15.4 Å². The van der Waals surface area contributed by atoms with Crippen LogP contribution in [0.4, 0.5) is 20.6 Å². The molecule has 0 saturated heterocycles. The van der Waals surface area contributed by atoms with Gasteiger partial charge in [0, 0.05) is 43.7 Å². The number of carbonyl (C=O) groups is 2. The van der Waals surface area contributed by atoms with Crippen LogP contribution >= 0.6 is 0 Å². The van der Waals surface area contributed by atoms with Crippen LogP contribution in [0.5, 0.6) is 5.75 Å². The number of ether oxygens (including phenoxy) is 2. The molecule has 3 amide bonds. The second-order valence-electron chi connectivity index (χ2n) is 13.4. The number of likely N-dealkylation sites (N-methyl/N-ethyl adjacent to an activating group) is 1. The number of rotatable bonds is 8. The van der Waals surface area contributed by atoms with Crippen molar-refractivity contribution >= 4 is 44.1 Å². The summed E-state index contributed by atoms with van der Waals surface area (Å²) in [5, 5.41) is 17.9. The number of nitrogens with zero attached hydrogens (tertiary/aromatic N) is 2. The van der Waals surface area contributed by atoms with Crippen molar-refractivity contribution in [3.63, 3.8) is 0 Å². The van der Waals surface area contributed by atoms with Gasteiger partial charge < -0.3 is 30.1 Å². The van der Waals surface area contributed by atoms with Gasteiger partial charge in [-0.25, -0.2) is 17.6 Å². The highest BCUT2D eigenvalue weighted by atomic mass is 32.2. The topological polar surface area (TPSA) is 138 Å². The predicted molar refractivity (Wildman–Crippen MR) is 200 cm³/mol. The van der Waals surface area contributed by atoms with Crippen molar-refractivity contribution in [2.75, 3.05) is 44.0 Å². The minimum absolute atomic E-state index is 0.0214. The number of amides is 3. The number of sulfonamides is 1. The Labute approximate surface area is 304 Å². The van der Waals surface area contributed by atoms with Gasteiger partial charge in [0.05, 0.1) is 41.0 Å². The summed E-state index contributed by atoms with van der Waals surface area (Å²) in [4.78, 5) is 29.1. The molecule has 0 aliphatic carbocycles. The van der Waals surface area contributed by atoms with E-state index in [1.165, 1.54) is 28.4 Å². The predicted octanol–water partition coefficient (Wildman–Crippen LogP) is 6.74. The van der Waals surface area contributed by atoms with Crippen molar-refractivity contribution in [2.45, 2.75) is 63.2 Å². The molecule has 278 valence electrons. The van der Waals surface area contributed by atoms with Gasteiger partial charge in [0.25, 0.3) is 5.91 Å². The molecule has 0 radical (unpaired) electrons. The first-order valence-electron chi connectivity index (χ1n) is 17.5. The molecule has 5 rings (SSSR count). The lowest BCUT2D eigenvalue weighted by Gasteiger charge is -2.35. The van der Waals surface area contributed by atoms with Gasteiger partial charge in [-0.3, -0.25) is 4.79 Å². The molecule has 13 heteroatoms. The van der Waals surface area contributed by atoms with Crippen LogP contribution in [-0.4, -0.2) is 86.3 Å². The van der Waals surface area contributed by atoms with E-state index in [0.717, 1.165) is 29.3 Å². The SMILES string of the molecule is C[C@@H]1CCCCO[C@H](CN(C)S(=O)(=O)c2ccc(F)cc2)[C@H](C)CN([C@@H](C)CO)C(=O)c2cc(NC(=O)Nc3cccc4ccccc34)ccc2O1. The lowest BCUT2D eigenvalue weighted by Crippen LogP contribution is -2.48. The molecule has 1 aliphatic rings. The van der Waals surface area contributed by atoms with Crippen molar-refractivity contribution in [1.82, 2.24) is 9.21 Å². The second-order valence-corrected chi connectivity index (χ2v) is 15.4. The van der Waals surface area contributed by atoms with E-state index >= 15 is 0 Å². The number of hydrogen-bond donors (Lipinski definition) is 3. The second kappa shape index (κ2) is 17.3. The van der Waals surface area contributed by atoms with Gasteiger partial charge in [-0.15, -0.1) is 0 Å². The number of urea groups is 1. The molecular weight excluding hydrogens is 688 g/mol. The number of aliphatic hydroxyl groups is 1. The van der Waals surface area contributed by atoms with Crippen molar-refractivity contribution in [2.24, 2.45) is 5.92 Å². The third kappa shape index (κ3) is 9.45. The van der Waals surface area contributed by atoms with Crippen LogP contribution in [0.15, 0.2) is 89.8 Å². The largest absolute Gasteiger partial charge is 0.490 e. The summed E-state index contributed by atoms with van der Waals surface area (Å²) < 4.78 is 54.1. The first kappa shape index (κ1) is 38.7. The summed E-state index contributed by atoms with van der Waals surface area (Å²) in [6.07, 6.45) is 1.25. The van der Waals surface area contributed by atoms with Crippen molar-refractivity contribution in [3.8, 4) is 5.75 Å². The highest BCUT2D eigenvalue weighted by molar-refractivity contribution is 7.89. The molecule has 52 heavy (non-hydrogen) atoms. The van der Waals surface area contributed by atoms with Crippen LogP contribution in [0.2, 0.25) is 0 Å². The summed E-state index contributed by atoms with van der Waals surface area (Å²) in [7, 11) is -2.52. The average Bonchev–Trinajstić information content (AvgIpc) is 3.13. The normalized spacial score (nSPS) is 19.7. The van der Waals surface area contributed by atoms with E-state index in [4.69, 9.17) is 9.47 Å². The number of anilines is 2. The third-order valence-corrected chi connectivity index (χ3v) is 11.1. The molecular formula is C39H47FN4O7S. The number of fused-ring (bicyclic) bond motifs is 2. The molecule has 4 aromatic carbocycles. The van der Waals surface area contributed by atoms with Gasteiger partial charge in [-0.1, -0.05) is 43.3 Å². The van der Waals surface area contributed by atoms with Crippen molar-refractivity contribution < 1.29 is 37.0 Å². The molecule has 0 aromatic heterocycles. The summed E-state index contributed by atoms with van der Waals surface area (Å²) in [5.74, 6) is -1.02. The fraction of sp³-hybridized carbons (Fsp3) is 0.385. The number of benzene rings is 4. The number of halogens is 1. The van der Waals surface area contributed by atoms with Crippen LogP contribution in [0.3, 0.4) is 0 Å². The number of aliphatic hydroxyl groups excluding tert-OH is 1. The minimum Gasteiger partial charge on any atom is -0.490 e. The Morgan fingerprint density at radius 1 is 1.02 bits per heavy atom. The molecule has 1 heterocycles. The van der Waals surface area contributed by atoms with Crippen molar-refractivity contribution in [1.29, 1.82) is 0 Å². The molecule has 0 spiro atoms. The summed E-state index contributed by atoms with van der Waals surface area (Å²) in [6.45, 7) is 5.63. The van der Waals surface area contributed by atoms with Crippen LogP contribution in [0.1, 0.15) is 50.4 Å². The molecule has 4 aromatic rings.